The van der Waals surface area contributed by atoms with Gasteiger partial charge in [0.1, 0.15) is 0 Å². The van der Waals surface area contributed by atoms with E-state index < -0.39 is 5.97 Å². The van der Waals surface area contributed by atoms with Crippen LogP contribution in [-0.4, -0.2) is 30.2 Å². The van der Waals surface area contributed by atoms with Crippen molar-refractivity contribution in [3.8, 4) is 0 Å². The summed E-state index contributed by atoms with van der Waals surface area (Å²) in [6.45, 7) is 5.81. The van der Waals surface area contributed by atoms with Gasteiger partial charge in [0.25, 0.3) is 0 Å². The largest absolute Gasteiger partial charge is 0.481 e. The maximum atomic E-state index is 12.9. The summed E-state index contributed by atoms with van der Waals surface area (Å²) in [4.78, 5) is 27.7. The number of benzene rings is 2. The third-order valence-corrected chi connectivity index (χ3v) is 6.47. The Morgan fingerprint density at radius 3 is 2.00 bits per heavy atom. The summed E-state index contributed by atoms with van der Waals surface area (Å²) in [7, 11) is 0. The number of nitrogens with zero attached hydrogens (tertiary/aromatic N) is 1. The molecule has 0 saturated heterocycles. The van der Waals surface area contributed by atoms with E-state index in [2.05, 4.69) is 19.2 Å². The number of hydrogen-bond donors (Lipinski definition) is 2. The van der Waals surface area contributed by atoms with E-state index >= 15 is 0 Å². The van der Waals surface area contributed by atoms with Crippen molar-refractivity contribution in [3.05, 3.63) is 54.1 Å². The van der Waals surface area contributed by atoms with Crippen molar-refractivity contribution in [1.29, 1.82) is 0 Å². The predicted octanol–water partition coefficient (Wildman–Crippen LogP) is 7.14. The molecule has 0 spiro atoms. The number of unbranched alkanes of at least 4 members (excludes halogenated alkanes) is 6. The Kier molecular flexibility index (Phi) is 12.5. The third kappa shape index (κ3) is 10.3. The lowest BCUT2D eigenvalue weighted by molar-refractivity contribution is -0.136. The molecule has 2 N–H and O–H groups in total. The van der Waals surface area contributed by atoms with Crippen LogP contribution in [0.2, 0.25) is 0 Å². The van der Waals surface area contributed by atoms with Crippen LogP contribution in [0.3, 0.4) is 0 Å². The number of aliphatic carboxylic acids is 1. The summed E-state index contributed by atoms with van der Waals surface area (Å²) in [5.41, 5.74) is 1.71. The molecule has 0 aliphatic heterocycles. The number of carbonyl (C=O) groups is 2. The molecule has 180 valence electrons. The Labute approximate surface area is 203 Å². The first kappa shape index (κ1) is 26.8. The first-order chi connectivity index (χ1) is 16.0. The van der Waals surface area contributed by atoms with Crippen LogP contribution in [0.15, 0.2) is 58.3 Å². The molecule has 0 atom stereocenters. The maximum absolute atomic E-state index is 12.9. The van der Waals surface area contributed by atoms with Crippen molar-refractivity contribution >= 4 is 29.4 Å². The topological polar surface area (TPSA) is 69.6 Å². The van der Waals surface area contributed by atoms with Crippen LogP contribution in [0.1, 0.15) is 70.8 Å². The normalized spacial score (nSPS) is 10.7. The van der Waals surface area contributed by atoms with Crippen LogP contribution < -0.4 is 10.2 Å². The number of urea groups is 1. The van der Waals surface area contributed by atoms with Crippen molar-refractivity contribution in [1.82, 2.24) is 5.32 Å². The smallest absolute Gasteiger partial charge is 0.321 e. The number of anilines is 1. The summed E-state index contributed by atoms with van der Waals surface area (Å²) in [6.07, 6.45) is 9.11. The molecule has 33 heavy (non-hydrogen) atoms. The van der Waals surface area contributed by atoms with E-state index in [1.54, 1.807) is 11.8 Å². The molecule has 6 heteroatoms. The second kappa shape index (κ2) is 15.4. The van der Waals surface area contributed by atoms with E-state index in [9.17, 15) is 9.59 Å². The van der Waals surface area contributed by atoms with Crippen molar-refractivity contribution in [2.45, 2.75) is 81.4 Å². The Hall–Kier alpha value is -2.47. The summed E-state index contributed by atoms with van der Waals surface area (Å²) >= 11 is 1.62. The van der Waals surface area contributed by atoms with E-state index in [0.717, 1.165) is 59.7 Å². The summed E-state index contributed by atoms with van der Waals surface area (Å²) < 4.78 is 0. The lowest BCUT2D eigenvalue weighted by Gasteiger charge is -2.23. The van der Waals surface area contributed by atoms with Gasteiger partial charge in [0.2, 0.25) is 0 Å². The van der Waals surface area contributed by atoms with Gasteiger partial charge >= 0.3 is 12.0 Å². The number of rotatable bonds is 15. The van der Waals surface area contributed by atoms with Gasteiger partial charge in [-0.2, -0.15) is 0 Å². The average Bonchev–Trinajstić information content (AvgIpc) is 2.81. The van der Waals surface area contributed by atoms with Gasteiger partial charge in [-0.05, 0) is 54.8 Å². The number of amides is 2. The highest BCUT2D eigenvalue weighted by Crippen LogP contribution is 2.29. The van der Waals surface area contributed by atoms with Crippen LogP contribution in [0.4, 0.5) is 10.5 Å². The molecule has 0 aromatic heterocycles. The Morgan fingerprint density at radius 2 is 1.39 bits per heavy atom. The number of carbonyl (C=O) groups excluding carboxylic acids is 1. The van der Waals surface area contributed by atoms with Gasteiger partial charge in [-0.15, -0.1) is 0 Å². The van der Waals surface area contributed by atoms with E-state index in [-0.39, 0.29) is 12.5 Å². The monoisotopic (exact) mass is 470 g/mol. The van der Waals surface area contributed by atoms with Gasteiger partial charge in [0.05, 0.1) is 6.42 Å². The van der Waals surface area contributed by atoms with Gasteiger partial charge in [0, 0.05) is 28.6 Å². The van der Waals surface area contributed by atoms with Crippen molar-refractivity contribution < 1.29 is 14.7 Å². The molecule has 0 radical (unpaired) electrons. The third-order valence-electron chi connectivity index (χ3n) is 5.45. The van der Waals surface area contributed by atoms with Gasteiger partial charge in [-0.1, -0.05) is 76.3 Å². The molecule has 0 aliphatic rings. The fraction of sp³-hybridized carbons (Fsp3) is 0.481. The van der Waals surface area contributed by atoms with Crippen molar-refractivity contribution in [2.75, 3.05) is 18.0 Å². The molecule has 2 amide bonds. The van der Waals surface area contributed by atoms with E-state index in [1.165, 1.54) is 19.3 Å². The zero-order valence-corrected chi connectivity index (χ0v) is 20.8. The zero-order valence-electron chi connectivity index (χ0n) is 20.0. The highest BCUT2D eigenvalue weighted by Gasteiger charge is 2.15. The molecular weight excluding hydrogens is 432 g/mol. The Morgan fingerprint density at radius 1 is 0.818 bits per heavy atom. The fourth-order valence-corrected chi connectivity index (χ4v) is 4.38. The number of nitrogens with one attached hydrogen (secondary N) is 1. The number of carboxylic acid groups (broad SMARTS) is 1. The standard InChI is InChI=1S/C27H38N2O3S/c1-3-5-7-8-10-20-29(27(32)28-19-9-6-4-2)23-13-17-25(18-14-23)33-24-15-11-22(12-16-24)21-26(30)31/h11-18H,3-10,19-21H2,1-2H3,(H,28,32)(H,30,31). The van der Waals surface area contributed by atoms with E-state index in [4.69, 9.17) is 5.11 Å². The lowest BCUT2D eigenvalue weighted by Crippen LogP contribution is -2.41. The SMILES string of the molecule is CCCCCCCN(C(=O)NCCCCC)c1ccc(Sc2ccc(CC(=O)O)cc2)cc1. The molecule has 0 bridgehead atoms. The van der Waals surface area contributed by atoms with Gasteiger partial charge < -0.3 is 10.4 Å². The van der Waals surface area contributed by atoms with Crippen LogP contribution in [-0.2, 0) is 11.2 Å². The highest BCUT2D eigenvalue weighted by atomic mass is 32.2. The minimum Gasteiger partial charge on any atom is -0.481 e. The van der Waals surface area contributed by atoms with Gasteiger partial charge in [-0.3, -0.25) is 9.69 Å². The van der Waals surface area contributed by atoms with Crippen LogP contribution in [0.25, 0.3) is 0 Å². The van der Waals surface area contributed by atoms with Gasteiger partial charge in [0.15, 0.2) is 0 Å². The molecule has 0 unspecified atom stereocenters. The quantitative estimate of drug-likeness (QED) is 0.271. The zero-order chi connectivity index (χ0) is 23.9. The lowest BCUT2D eigenvalue weighted by atomic mass is 10.1. The second-order valence-electron chi connectivity index (χ2n) is 8.32. The van der Waals surface area contributed by atoms with E-state index in [0.29, 0.717) is 6.54 Å². The molecular formula is C27H38N2O3S. The molecule has 2 aromatic rings. The molecule has 2 rings (SSSR count). The summed E-state index contributed by atoms with van der Waals surface area (Å²) in [5.74, 6) is -0.824. The first-order valence-electron chi connectivity index (χ1n) is 12.2. The first-order valence-corrected chi connectivity index (χ1v) is 13.0. The van der Waals surface area contributed by atoms with Crippen LogP contribution in [0, 0.1) is 0 Å². The minimum atomic E-state index is -0.824. The molecule has 2 aromatic carbocycles. The number of carboxylic acids is 1. The Bertz CT molecular complexity index is 837. The second-order valence-corrected chi connectivity index (χ2v) is 9.46. The molecule has 0 heterocycles. The van der Waals surface area contributed by atoms with Crippen LogP contribution >= 0.6 is 11.8 Å². The fourth-order valence-electron chi connectivity index (χ4n) is 3.57. The molecule has 0 saturated carbocycles. The maximum Gasteiger partial charge on any atom is 0.321 e. The average molecular weight is 471 g/mol. The predicted molar refractivity (Wildman–Crippen MR) is 137 cm³/mol. The molecule has 0 fully saturated rings. The summed E-state index contributed by atoms with van der Waals surface area (Å²) in [6, 6.07) is 15.7. The Balaban J connectivity index is 2.00. The number of hydrogen-bond acceptors (Lipinski definition) is 3. The van der Waals surface area contributed by atoms with Gasteiger partial charge in [-0.25, -0.2) is 4.79 Å². The van der Waals surface area contributed by atoms with Crippen molar-refractivity contribution in [2.24, 2.45) is 0 Å². The molecule has 0 aliphatic carbocycles. The molecule has 5 nitrogen and oxygen atoms in total. The van der Waals surface area contributed by atoms with Crippen LogP contribution in [0.5, 0.6) is 0 Å². The van der Waals surface area contributed by atoms with Crippen molar-refractivity contribution in [3.63, 3.8) is 0 Å². The minimum absolute atomic E-state index is 0.0176. The van der Waals surface area contributed by atoms with E-state index in [1.807, 2.05) is 53.4 Å². The summed E-state index contributed by atoms with van der Waals surface area (Å²) in [5, 5.41) is 12.0. The highest BCUT2D eigenvalue weighted by molar-refractivity contribution is 7.99.